The van der Waals surface area contributed by atoms with E-state index >= 15 is 0 Å². The van der Waals surface area contributed by atoms with Crippen LogP contribution in [-0.2, 0) is 14.3 Å². The van der Waals surface area contributed by atoms with Crippen molar-refractivity contribution in [3.8, 4) is 5.75 Å². The summed E-state index contributed by atoms with van der Waals surface area (Å²) in [7, 11) is 1.14. The van der Waals surface area contributed by atoms with Gasteiger partial charge in [-0.25, -0.2) is 4.79 Å². The van der Waals surface area contributed by atoms with E-state index < -0.39 is 39.5 Å². The smallest absolute Gasteiger partial charge is 0.328 e. The lowest BCUT2D eigenvalue weighted by Crippen LogP contribution is -2.42. The molecule has 9 nitrogen and oxygen atoms in total. The van der Waals surface area contributed by atoms with E-state index in [0.29, 0.717) is 11.8 Å². The minimum atomic E-state index is -1.08. The summed E-state index contributed by atoms with van der Waals surface area (Å²) in [5.41, 5.74) is -0.262. The Hall–Kier alpha value is -2.88. The fourth-order valence-electron chi connectivity index (χ4n) is 2.02. The number of rotatable bonds is 4. The number of hydrogen-bond donors (Lipinski definition) is 1. The zero-order valence-corrected chi connectivity index (χ0v) is 13.4. The third-order valence-electron chi connectivity index (χ3n) is 3.25. The molecular formula is C14H12N2O7S. The summed E-state index contributed by atoms with van der Waals surface area (Å²) in [6.07, 6.45) is 1.28. The molecular weight excluding hydrogens is 340 g/mol. The van der Waals surface area contributed by atoms with Crippen molar-refractivity contribution in [1.29, 1.82) is 0 Å². The van der Waals surface area contributed by atoms with E-state index in [1.54, 1.807) is 0 Å². The van der Waals surface area contributed by atoms with Crippen molar-refractivity contribution >= 4 is 40.6 Å². The van der Waals surface area contributed by atoms with Gasteiger partial charge in [0, 0.05) is 6.07 Å². The largest absolute Gasteiger partial charge is 0.502 e. The molecule has 1 atom stereocenters. The number of imide groups is 1. The Bertz CT molecular complexity index is 774. The van der Waals surface area contributed by atoms with Crippen LogP contribution < -0.4 is 0 Å². The summed E-state index contributed by atoms with van der Waals surface area (Å²) >= 11 is 0.610. The average Bonchev–Trinajstić information content (AvgIpc) is 2.81. The summed E-state index contributed by atoms with van der Waals surface area (Å²) in [5, 5.41) is 19.6. The lowest BCUT2D eigenvalue weighted by molar-refractivity contribution is -0.385. The Kier molecular flexibility index (Phi) is 4.88. The number of amides is 2. The Balaban J connectivity index is 2.34. The predicted molar refractivity (Wildman–Crippen MR) is 84.0 cm³/mol. The second kappa shape index (κ2) is 6.71. The van der Waals surface area contributed by atoms with Crippen LogP contribution in [-0.4, -0.2) is 45.2 Å². The van der Waals surface area contributed by atoms with E-state index in [1.807, 2.05) is 0 Å². The summed E-state index contributed by atoms with van der Waals surface area (Å²) < 4.78 is 4.51. The van der Waals surface area contributed by atoms with Crippen LogP contribution in [0, 0.1) is 10.1 Å². The van der Waals surface area contributed by atoms with E-state index in [4.69, 9.17) is 0 Å². The molecule has 1 saturated heterocycles. The van der Waals surface area contributed by atoms with E-state index in [2.05, 4.69) is 4.74 Å². The molecule has 1 unspecified atom stereocenters. The molecule has 24 heavy (non-hydrogen) atoms. The van der Waals surface area contributed by atoms with Gasteiger partial charge in [0.2, 0.25) is 0 Å². The third-order valence-corrected chi connectivity index (χ3v) is 4.13. The van der Waals surface area contributed by atoms with Gasteiger partial charge in [-0.05, 0) is 36.4 Å². The molecule has 1 N–H and O–H groups in total. The first-order valence-electron chi connectivity index (χ1n) is 6.58. The van der Waals surface area contributed by atoms with Crippen molar-refractivity contribution in [1.82, 2.24) is 4.90 Å². The predicted octanol–water partition coefficient (Wildman–Crippen LogP) is 1.90. The first kappa shape index (κ1) is 17.5. The number of carbonyl (C=O) groups is 3. The van der Waals surface area contributed by atoms with Crippen molar-refractivity contribution in [2.75, 3.05) is 7.11 Å². The van der Waals surface area contributed by atoms with Gasteiger partial charge in [0.1, 0.15) is 6.04 Å². The SMILES string of the molecule is COC(=O)C(C)N1C(=O)S/C(=C/c2ccc(O)c([N+](=O)[O-])c2)C1=O. The standard InChI is InChI=1S/C14H12N2O7S/c1-7(13(19)23-2)15-12(18)11(24-14(15)20)6-8-3-4-10(17)9(5-8)16(21)22/h3-7,17H,1-2H3/b11-6+. The van der Waals surface area contributed by atoms with Gasteiger partial charge in [0.05, 0.1) is 16.9 Å². The molecule has 2 amide bonds. The molecule has 1 aliphatic rings. The maximum atomic E-state index is 12.3. The van der Waals surface area contributed by atoms with Crippen molar-refractivity contribution in [3.63, 3.8) is 0 Å². The Morgan fingerprint density at radius 3 is 2.71 bits per heavy atom. The maximum absolute atomic E-state index is 12.3. The molecule has 1 aromatic rings. The molecule has 0 spiro atoms. The lowest BCUT2D eigenvalue weighted by Gasteiger charge is -2.18. The average molecular weight is 352 g/mol. The van der Waals surface area contributed by atoms with Crippen molar-refractivity contribution in [2.24, 2.45) is 0 Å². The van der Waals surface area contributed by atoms with Gasteiger partial charge in [-0.2, -0.15) is 0 Å². The van der Waals surface area contributed by atoms with Gasteiger partial charge in [0.25, 0.3) is 11.1 Å². The molecule has 1 aromatic carbocycles. The molecule has 1 fully saturated rings. The summed E-state index contributed by atoms with van der Waals surface area (Å²) in [6, 6.07) is 2.47. The second-order valence-electron chi connectivity index (χ2n) is 4.76. The summed E-state index contributed by atoms with van der Waals surface area (Å²) in [5.74, 6) is -1.94. The minimum Gasteiger partial charge on any atom is -0.502 e. The summed E-state index contributed by atoms with van der Waals surface area (Å²) in [6.45, 7) is 1.36. The second-order valence-corrected chi connectivity index (χ2v) is 5.75. The Morgan fingerprint density at radius 2 is 2.12 bits per heavy atom. The highest BCUT2D eigenvalue weighted by atomic mass is 32.2. The van der Waals surface area contributed by atoms with Crippen LogP contribution >= 0.6 is 11.8 Å². The quantitative estimate of drug-likeness (QED) is 0.377. The minimum absolute atomic E-state index is 0.00995. The van der Waals surface area contributed by atoms with Gasteiger partial charge < -0.3 is 9.84 Å². The van der Waals surface area contributed by atoms with Crippen LogP contribution in [0.15, 0.2) is 23.1 Å². The number of nitro benzene ring substituents is 1. The zero-order chi connectivity index (χ0) is 18.0. The number of carbonyl (C=O) groups excluding carboxylic acids is 3. The highest BCUT2D eigenvalue weighted by molar-refractivity contribution is 8.18. The number of methoxy groups -OCH3 is 1. The van der Waals surface area contributed by atoms with Crippen molar-refractivity contribution in [3.05, 3.63) is 38.8 Å². The van der Waals surface area contributed by atoms with Crippen LogP contribution in [0.4, 0.5) is 10.5 Å². The van der Waals surface area contributed by atoms with Crippen LogP contribution in [0.1, 0.15) is 12.5 Å². The molecule has 0 aliphatic carbocycles. The first-order valence-corrected chi connectivity index (χ1v) is 7.40. The van der Waals surface area contributed by atoms with Crippen LogP contribution in [0.3, 0.4) is 0 Å². The van der Waals surface area contributed by atoms with E-state index in [-0.39, 0.29) is 10.5 Å². The lowest BCUT2D eigenvalue weighted by atomic mass is 10.1. The van der Waals surface area contributed by atoms with E-state index in [9.17, 15) is 29.6 Å². The number of esters is 1. The van der Waals surface area contributed by atoms with Gasteiger partial charge in [0.15, 0.2) is 5.75 Å². The van der Waals surface area contributed by atoms with Gasteiger partial charge in [-0.15, -0.1) is 0 Å². The number of aromatic hydroxyl groups is 1. The van der Waals surface area contributed by atoms with Crippen LogP contribution in [0.5, 0.6) is 5.75 Å². The number of thioether (sulfide) groups is 1. The molecule has 1 heterocycles. The fraction of sp³-hybridized carbons (Fsp3) is 0.214. The molecule has 10 heteroatoms. The number of nitro groups is 1. The fourth-order valence-corrected chi connectivity index (χ4v) is 2.93. The molecule has 0 radical (unpaired) electrons. The molecule has 0 saturated carbocycles. The van der Waals surface area contributed by atoms with E-state index in [1.165, 1.54) is 19.1 Å². The number of phenolic OH excluding ortho intramolecular Hbond substituents is 1. The first-order chi connectivity index (χ1) is 11.3. The molecule has 2 rings (SSSR count). The van der Waals surface area contributed by atoms with Crippen LogP contribution in [0.25, 0.3) is 6.08 Å². The summed E-state index contributed by atoms with van der Waals surface area (Å²) in [4.78, 5) is 46.6. The number of hydrogen-bond acceptors (Lipinski definition) is 8. The zero-order valence-electron chi connectivity index (χ0n) is 12.6. The van der Waals surface area contributed by atoms with Crippen molar-refractivity contribution in [2.45, 2.75) is 13.0 Å². The van der Waals surface area contributed by atoms with E-state index in [0.717, 1.165) is 24.1 Å². The van der Waals surface area contributed by atoms with Gasteiger partial charge in [-0.3, -0.25) is 24.6 Å². The third kappa shape index (κ3) is 3.23. The topological polar surface area (TPSA) is 127 Å². The molecule has 0 aromatic heterocycles. The normalized spacial score (nSPS) is 17.2. The maximum Gasteiger partial charge on any atom is 0.328 e. The van der Waals surface area contributed by atoms with Gasteiger partial charge >= 0.3 is 11.7 Å². The number of phenols is 1. The highest BCUT2D eigenvalue weighted by Crippen LogP contribution is 2.35. The monoisotopic (exact) mass is 352 g/mol. The number of ether oxygens (including phenoxy) is 1. The Morgan fingerprint density at radius 1 is 1.46 bits per heavy atom. The van der Waals surface area contributed by atoms with Crippen LogP contribution in [0.2, 0.25) is 0 Å². The number of benzene rings is 1. The molecule has 1 aliphatic heterocycles. The highest BCUT2D eigenvalue weighted by Gasteiger charge is 2.41. The molecule has 0 bridgehead atoms. The molecule has 126 valence electrons. The number of nitrogens with zero attached hydrogens (tertiary/aromatic N) is 2. The van der Waals surface area contributed by atoms with Crippen molar-refractivity contribution < 1.29 is 29.2 Å². The van der Waals surface area contributed by atoms with Gasteiger partial charge in [-0.1, -0.05) is 6.07 Å². The Labute approximate surface area is 140 Å².